The first-order chi connectivity index (χ1) is 11.1. The molecule has 128 valence electrons. The van der Waals surface area contributed by atoms with E-state index in [-0.39, 0.29) is 17.9 Å². The fraction of sp³-hybridized carbons (Fsp3) is 0.667. The molecule has 1 saturated carbocycles. The summed E-state index contributed by atoms with van der Waals surface area (Å²) < 4.78 is 33.3. The first-order valence-corrected chi connectivity index (χ1v) is 10.3. The van der Waals surface area contributed by atoms with Gasteiger partial charge < -0.3 is 10.1 Å². The van der Waals surface area contributed by atoms with Crippen molar-refractivity contribution in [3.05, 3.63) is 17.5 Å². The zero-order chi connectivity index (χ0) is 16.3. The van der Waals surface area contributed by atoms with Crippen molar-refractivity contribution in [1.82, 2.24) is 9.62 Å². The van der Waals surface area contributed by atoms with Crippen LogP contribution in [0.1, 0.15) is 25.7 Å². The third-order valence-corrected chi connectivity index (χ3v) is 7.79. The number of hydrogen-bond donors (Lipinski definition) is 1. The Morgan fingerprint density at radius 1 is 1.26 bits per heavy atom. The highest BCUT2D eigenvalue weighted by atomic mass is 32.2. The molecule has 1 saturated heterocycles. The third-order valence-electron chi connectivity index (χ3n) is 4.50. The number of amides is 1. The van der Waals surface area contributed by atoms with Crippen molar-refractivity contribution < 1.29 is 17.9 Å². The lowest BCUT2D eigenvalue weighted by atomic mass is 9.83. The zero-order valence-electron chi connectivity index (χ0n) is 12.9. The van der Waals surface area contributed by atoms with Crippen LogP contribution < -0.4 is 5.32 Å². The summed E-state index contributed by atoms with van der Waals surface area (Å²) in [6, 6.07) is 3.08. The van der Waals surface area contributed by atoms with Gasteiger partial charge in [-0.2, -0.15) is 4.31 Å². The molecule has 1 aromatic heterocycles. The molecule has 2 atom stereocenters. The van der Waals surface area contributed by atoms with Gasteiger partial charge >= 0.3 is 0 Å². The molecule has 1 amide bonds. The van der Waals surface area contributed by atoms with E-state index in [9.17, 15) is 13.2 Å². The van der Waals surface area contributed by atoms with Gasteiger partial charge in [0.2, 0.25) is 5.91 Å². The van der Waals surface area contributed by atoms with Crippen molar-refractivity contribution in [2.75, 3.05) is 26.3 Å². The molecular weight excluding hydrogens is 336 g/mol. The highest BCUT2D eigenvalue weighted by Crippen LogP contribution is 2.33. The zero-order valence-corrected chi connectivity index (χ0v) is 14.6. The Morgan fingerprint density at radius 2 is 2.09 bits per heavy atom. The van der Waals surface area contributed by atoms with Crippen molar-refractivity contribution in [3.8, 4) is 0 Å². The van der Waals surface area contributed by atoms with Crippen molar-refractivity contribution in [3.63, 3.8) is 0 Å². The van der Waals surface area contributed by atoms with Gasteiger partial charge in [-0.3, -0.25) is 4.79 Å². The predicted octanol–water partition coefficient (Wildman–Crippen LogP) is 1.44. The summed E-state index contributed by atoms with van der Waals surface area (Å²) in [6.07, 6.45) is 3.39. The second-order valence-corrected chi connectivity index (χ2v) is 8.97. The van der Waals surface area contributed by atoms with E-state index in [0.29, 0.717) is 30.5 Å². The fourth-order valence-electron chi connectivity index (χ4n) is 3.39. The van der Waals surface area contributed by atoms with Crippen LogP contribution in [0.5, 0.6) is 0 Å². The van der Waals surface area contributed by atoms with Crippen LogP contribution in [0.15, 0.2) is 21.7 Å². The van der Waals surface area contributed by atoms with Gasteiger partial charge in [-0.15, -0.1) is 11.3 Å². The lowest BCUT2D eigenvalue weighted by Crippen LogP contribution is -2.52. The number of carbonyl (C=O) groups excluding carboxylic acids is 1. The molecule has 8 heteroatoms. The number of thiophene rings is 1. The van der Waals surface area contributed by atoms with Crippen LogP contribution in [0.2, 0.25) is 0 Å². The summed E-state index contributed by atoms with van der Waals surface area (Å²) in [4.78, 5) is 12.4. The van der Waals surface area contributed by atoms with Crippen LogP contribution in [0.4, 0.5) is 0 Å². The Balaban J connectivity index is 1.94. The van der Waals surface area contributed by atoms with Gasteiger partial charge in [0.15, 0.2) is 0 Å². The smallest absolute Gasteiger partial charge is 0.252 e. The molecule has 2 fully saturated rings. The topological polar surface area (TPSA) is 75.7 Å². The summed E-state index contributed by atoms with van der Waals surface area (Å²) in [5.74, 6) is -0.317. The van der Waals surface area contributed by atoms with E-state index < -0.39 is 10.0 Å². The predicted molar refractivity (Wildman–Crippen MR) is 87.8 cm³/mol. The first-order valence-electron chi connectivity index (χ1n) is 8.01. The van der Waals surface area contributed by atoms with Crippen molar-refractivity contribution in [2.24, 2.45) is 5.92 Å². The highest BCUT2D eigenvalue weighted by Gasteiger charge is 2.41. The largest absolute Gasteiger partial charge is 0.378 e. The van der Waals surface area contributed by atoms with E-state index in [4.69, 9.17) is 4.74 Å². The van der Waals surface area contributed by atoms with Crippen molar-refractivity contribution in [2.45, 2.75) is 35.9 Å². The lowest BCUT2D eigenvalue weighted by Gasteiger charge is -2.38. The van der Waals surface area contributed by atoms with E-state index in [1.54, 1.807) is 17.5 Å². The van der Waals surface area contributed by atoms with E-state index in [2.05, 4.69) is 5.32 Å². The molecule has 0 spiro atoms. The molecule has 1 aliphatic carbocycles. The first kappa shape index (κ1) is 16.9. The van der Waals surface area contributed by atoms with Gasteiger partial charge in [-0.25, -0.2) is 8.42 Å². The molecule has 1 aromatic rings. The maximum absolute atomic E-state index is 13.0. The van der Waals surface area contributed by atoms with Gasteiger partial charge in [-0.1, -0.05) is 18.9 Å². The molecule has 1 N–H and O–H groups in total. The number of carbonyl (C=O) groups is 1. The number of hydrogen-bond acceptors (Lipinski definition) is 5. The van der Waals surface area contributed by atoms with Crippen LogP contribution >= 0.6 is 11.3 Å². The minimum Gasteiger partial charge on any atom is -0.378 e. The SMILES string of the molecule is O=C1NCCOCCN(S(=O)(=O)c2cccs2)[C@@H]2CCCC[C@H]12. The molecule has 23 heavy (non-hydrogen) atoms. The Kier molecular flexibility index (Phi) is 5.35. The average Bonchev–Trinajstić information content (AvgIpc) is 3.09. The number of sulfonamides is 1. The Morgan fingerprint density at radius 3 is 2.87 bits per heavy atom. The molecule has 6 nitrogen and oxygen atoms in total. The molecule has 1 aliphatic heterocycles. The number of fused-ring (bicyclic) bond motifs is 1. The van der Waals surface area contributed by atoms with Crippen molar-refractivity contribution in [1.29, 1.82) is 0 Å². The van der Waals surface area contributed by atoms with Crippen LogP contribution in [-0.2, 0) is 19.6 Å². The normalized spacial score (nSPS) is 27.9. The summed E-state index contributed by atoms with van der Waals surface area (Å²) >= 11 is 1.21. The summed E-state index contributed by atoms with van der Waals surface area (Å²) in [5.41, 5.74) is 0. The van der Waals surface area contributed by atoms with E-state index >= 15 is 0 Å². The second kappa shape index (κ2) is 7.29. The summed E-state index contributed by atoms with van der Waals surface area (Å²) in [6.45, 7) is 1.55. The molecule has 3 rings (SSSR count). The van der Waals surface area contributed by atoms with Crippen LogP contribution in [0.3, 0.4) is 0 Å². The number of ether oxygens (including phenoxy) is 1. The lowest BCUT2D eigenvalue weighted by molar-refractivity contribution is -0.128. The van der Waals surface area contributed by atoms with Gasteiger partial charge in [-0.05, 0) is 24.3 Å². The van der Waals surface area contributed by atoms with E-state index in [0.717, 1.165) is 25.7 Å². The molecule has 2 heterocycles. The van der Waals surface area contributed by atoms with E-state index in [1.807, 2.05) is 0 Å². The monoisotopic (exact) mass is 358 g/mol. The van der Waals surface area contributed by atoms with Crippen LogP contribution in [0.25, 0.3) is 0 Å². The Hall–Kier alpha value is -0.960. The Bertz CT molecular complexity index is 630. The minimum absolute atomic E-state index is 0.0495. The maximum Gasteiger partial charge on any atom is 0.252 e. The van der Waals surface area contributed by atoms with E-state index in [1.165, 1.54) is 15.6 Å². The quantitative estimate of drug-likeness (QED) is 0.868. The Labute approximate surface area is 140 Å². The number of nitrogens with one attached hydrogen (secondary N) is 1. The second-order valence-electron chi connectivity index (χ2n) is 5.91. The third kappa shape index (κ3) is 3.60. The van der Waals surface area contributed by atoms with Gasteiger partial charge in [0.1, 0.15) is 4.21 Å². The number of nitrogens with zero attached hydrogens (tertiary/aromatic N) is 1. The summed E-state index contributed by atoms with van der Waals surface area (Å²) in [5, 5.41) is 4.64. The maximum atomic E-state index is 13.0. The molecular formula is C15H22N2O4S2. The molecule has 0 unspecified atom stereocenters. The fourth-order valence-corrected chi connectivity index (χ4v) is 6.18. The highest BCUT2D eigenvalue weighted by molar-refractivity contribution is 7.91. The molecule has 0 radical (unpaired) electrons. The average molecular weight is 358 g/mol. The van der Waals surface area contributed by atoms with Crippen LogP contribution in [0, 0.1) is 5.92 Å². The molecule has 0 bridgehead atoms. The van der Waals surface area contributed by atoms with Gasteiger partial charge in [0, 0.05) is 19.1 Å². The molecule has 0 aromatic carbocycles. The summed E-state index contributed by atoms with van der Waals surface area (Å²) in [7, 11) is -3.59. The number of rotatable bonds is 2. The van der Waals surface area contributed by atoms with Gasteiger partial charge in [0.05, 0.1) is 19.1 Å². The van der Waals surface area contributed by atoms with Gasteiger partial charge in [0.25, 0.3) is 10.0 Å². The molecule has 2 aliphatic rings. The van der Waals surface area contributed by atoms with Crippen molar-refractivity contribution >= 4 is 27.3 Å². The minimum atomic E-state index is -3.59. The van der Waals surface area contributed by atoms with Crippen LogP contribution in [-0.4, -0.2) is 51.0 Å². The standard InChI is InChI=1S/C15H22N2O4S2/c18-15-12-4-1-2-5-13(12)17(8-10-21-9-7-16-15)23(19,20)14-6-3-11-22-14/h3,6,11-13H,1-2,4-5,7-10H2,(H,16,18)/t12-,13+/m0/s1.